The number of hydrogen-bond acceptors (Lipinski definition) is 4. The van der Waals surface area contributed by atoms with Crippen LogP contribution in [0.15, 0.2) is 5.38 Å². The fraction of sp³-hybridized carbons (Fsp3) is 0.500. The Morgan fingerprint density at radius 1 is 1.69 bits per heavy atom. The van der Waals surface area contributed by atoms with E-state index in [-0.39, 0.29) is 5.91 Å². The average molecular weight is 199 g/mol. The van der Waals surface area contributed by atoms with Crippen LogP contribution in [-0.4, -0.2) is 24.5 Å². The lowest BCUT2D eigenvalue weighted by atomic mass is 10.4. The molecular weight excluding hydrogens is 186 g/mol. The maximum absolute atomic E-state index is 10.8. The van der Waals surface area contributed by atoms with Crippen LogP contribution in [0.25, 0.3) is 0 Å². The molecule has 2 N–H and O–H groups in total. The van der Waals surface area contributed by atoms with Gasteiger partial charge in [-0.1, -0.05) is 0 Å². The summed E-state index contributed by atoms with van der Waals surface area (Å²) >= 11 is 1.62. The summed E-state index contributed by atoms with van der Waals surface area (Å²) in [6.45, 7) is 2.96. The van der Waals surface area contributed by atoms with Gasteiger partial charge in [0.2, 0.25) is 5.91 Å². The van der Waals surface area contributed by atoms with Crippen molar-refractivity contribution in [3.8, 4) is 0 Å². The van der Waals surface area contributed by atoms with Gasteiger partial charge in [-0.25, -0.2) is 4.98 Å². The minimum absolute atomic E-state index is 0.00745. The molecule has 0 aromatic carbocycles. The number of carbonyl (C=O) groups excluding carboxylic acids is 1. The van der Waals surface area contributed by atoms with Gasteiger partial charge in [-0.05, 0) is 6.92 Å². The van der Waals surface area contributed by atoms with Gasteiger partial charge in [0.25, 0.3) is 0 Å². The molecule has 1 heterocycles. The number of rotatable bonds is 4. The highest BCUT2D eigenvalue weighted by atomic mass is 32.1. The summed E-state index contributed by atoms with van der Waals surface area (Å²) in [7, 11) is 1.62. The Kier molecular flexibility index (Phi) is 3.85. The number of amides is 1. The zero-order chi connectivity index (χ0) is 9.68. The van der Waals surface area contributed by atoms with E-state index in [2.05, 4.69) is 15.6 Å². The van der Waals surface area contributed by atoms with Crippen molar-refractivity contribution in [2.24, 2.45) is 0 Å². The molecule has 1 aromatic heterocycles. The first-order valence-electron chi connectivity index (χ1n) is 4.04. The van der Waals surface area contributed by atoms with Gasteiger partial charge in [0.05, 0.1) is 17.2 Å². The van der Waals surface area contributed by atoms with Gasteiger partial charge in [-0.15, -0.1) is 11.3 Å². The van der Waals surface area contributed by atoms with E-state index in [1.165, 1.54) is 0 Å². The lowest BCUT2D eigenvalue weighted by Crippen LogP contribution is -2.31. The predicted octanol–water partition coefficient (Wildman–Crippen LogP) is 0.287. The number of aryl methyl sites for hydroxylation is 1. The Hall–Kier alpha value is -0.940. The van der Waals surface area contributed by atoms with E-state index >= 15 is 0 Å². The first-order chi connectivity index (χ1) is 6.22. The minimum Gasteiger partial charge on any atom is -0.358 e. The maximum Gasteiger partial charge on any atom is 0.233 e. The average Bonchev–Trinajstić information content (AvgIpc) is 2.51. The zero-order valence-corrected chi connectivity index (χ0v) is 8.57. The molecule has 4 nitrogen and oxygen atoms in total. The van der Waals surface area contributed by atoms with Crippen molar-refractivity contribution in [2.75, 3.05) is 13.6 Å². The Morgan fingerprint density at radius 2 is 2.46 bits per heavy atom. The second kappa shape index (κ2) is 4.94. The lowest BCUT2D eigenvalue weighted by Gasteiger charge is -2.00. The van der Waals surface area contributed by atoms with E-state index < -0.39 is 0 Å². The number of nitrogens with zero attached hydrogens (tertiary/aromatic N) is 1. The second-order valence-corrected chi connectivity index (χ2v) is 3.70. The molecule has 13 heavy (non-hydrogen) atoms. The monoisotopic (exact) mass is 199 g/mol. The second-order valence-electron chi connectivity index (χ2n) is 2.63. The molecule has 0 bridgehead atoms. The highest BCUT2D eigenvalue weighted by Gasteiger charge is 1.99. The van der Waals surface area contributed by atoms with Crippen LogP contribution >= 0.6 is 11.3 Å². The lowest BCUT2D eigenvalue weighted by molar-refractivity contribution is -0.119. The standard InChI is InChI=1S/C8H13N3OS/c1-6-11-7(5-13-6)3-10-4-8(12)9-2/h5,10H,3-4H2,1-2H3,(H,9,12). The minimum atomic E-state index is -0.00745. The number of aromatic nitrogens is 1. The third kappa shape index (κ3) is 3.52. The van der Waals surface area contributed by atoms with Crippen LogP contribution in [0.2, 0.25) is 0 Å². The number of thiazole rings is 1. The molecule has 0 spiro atoms. The van der Waals surface area contributed by atoms with Crippen LogP contribution in [0.3, 0.4) is 0 Å². The first-order valence-corrected chi connectivity index (χ1v) is 4.92. The van der Waals surface area contributed by atoms with Crippen LogP contribution < -0.4 is 10.6 Å². The summed E-state index contributed by atoms with van der Waals surface area (Å²) in [6.07, 6.45) is 0. The van der Waals surface area contributed by atoms with Gasteiger partial charge in [0.1, 0.15) is 0 Å². The predicted molar refractivity (Wildman–Crippen MR) is 52.6 cm³/mol. The number of nitrogens with one attached hydrogen (secondary N) is 2. The van der Waals surface area contributed by atoms with Gasteiger partial charge < -0.3 is 10.6 Å². The van der Waals surface area contributed by atoms with Crippen LogP contribution in [0.1, 0.15) is 10.7 Å². The molecule has 5 heteroatoms. The third-order valence-electron chi connectivity index (χ3n) is 1.54. The molecular formula is C8H13N3OS. The SMILES string of the molecule is CNC(=O)CNCc1csc(C)n1. The fourth-order valence-corrected chi connectivity index (χ4v) is 1.49. The van der Waals surface area contributed by atoms with E-state index in [0.717, 1.165) is 10.7 Å². The topological polar surface area (TPSA) is 54.0 Å². The normalized spacial score (nSPS) is 10.0. The highest BCUT2D eigenvalue weighted by molar-refractivity contribution is 7.09. The molecule has 0 unspecified atom stereocenters. The summed E-state index contributed by atoms with van der Waals surface area (Å²) in [4.78, 5) is 15.1. The van der Waals surface area contributed by atoms with Gasteiger partial charge in [-0.2, -0.15) is 0 Å². The summed E-state index contributed by atoms with van der Waals surface area (Å²) < 4.78 is 0. The number of hydrogen-bond donors (Lipinski definition) is 2. The number of carbonyl (C=O) groups is 1. The van der Waals surface area contributed by atoms with Crippen LogP contribution in [0.5, 0.6) is 0 Å². The molecule has 1 amide bonds. The molecule has 0 aliphatic rings. The van der Waals surface area contributed by atoms with Crippen molar-refractivity contribution in [2.45, 2.75) is 13.5 Å². The quantitative estimate of drug-likeness (QED) is 0.732. The molecule has 0 radical (unpaired) electrons. The molecule has 0 fully saturated rings. The summed E-state index contributed by atoms with van der Waals surface area (Å²) in [5.41, 5.74) is 0.992. The summed E-state index contributed by atoms with van der Waals surface area (Å²) in [5, 5.41) is 8.58. The van der Waals surface area contributed by atoms with E-state index in [0.29, 0.717) is 13.1 Å². The zero-order valence-electron chi connectivity index (χ0n) is 7.76. The molecule has 0 saturated carbocycles. The molecule has 1 aromatic rings. The Bertz CT molecular complexity index is 285. The molecule has 0 atom stereocenters. The van der Waals surface area contributed by atoms with Crippen LogP contribution in [0, 0.1) is 6.92 Å². The Morgan fingerprint density at radius 3 is 3.00 bits per heavy atom. The summed E-state index contributed by atoms with van der Waals surface area (Å²) in [6, 6.07) is 0. The van der Waals surface area contributed by atoms with Gasteiger partial charge >= 0.3 is 0 Å². The van der Waals surface area contributed by atoms with Crippen molar-refractivity contribution in [3.63, 3.8) is 0 Å². The largest absolute Gasteiger partial charge is 0.358 e. The summed E-state index contributed by atoms with van der Waals surface area (Å²) in [5.74, 6) is -0.00745. The van der Waals surface area contributed by atoms with E-state index in [4.69, 9.17) is 0 Å². The van der Waals surface area contributed by atoms with Crippen LogP contribution in [-0.2, 0) is 11.3 Å². The molecule has 72 valence electrons. The van der Waals surface area contributed by atoms with Crippen molar-refractivity contribution in [1.82, 2.24) is 15.6 Å². The van der Waals surface area contributed by atoms with Crippen molar-refractivity contribution in [3.05, 3.63) is 16.1 Å². The Balaban J connectivity index is 2.24. The molecule has 1 rings (SSSR count). The molecule has 0 aliphatic carbocycles. The van der Waals surface area contributed by atoms with Gasteiger partial charge in [0, 0.05) is 19.0 Å². The van der Waals surface area contributed by atoms with E-state index in [1.807, 2.05) is 12.3 Å². The van der Waals surface area contributed by atoms with E-state index in [9.17, 15) is 4.79 Å². The molecule has 0 aliphatic heterocycles. The smallest absolute Gasteiger partial charge is 0.233 e. The molecule has 0 saturated heterocycles. The Labute approximate surface area is 81.4 Å². The maximum atomic E-state index is 10.8. The number of likely N-dealkylation sites (N-methyl/N-ethyl adjacent to an activating group) is 1. The van der Waals surface area contributed by atoms with Crippen molar-refractivity contribution >= 4 is 17.2 Å². The van der Waals surface area contributed by atoms with Crippen molar-refractivity contribution in [1.29, 1.82) is 0 Å². The highest BCUT2D eigenvalue weighted by Crippen LogP contribution is 2.06. The van der Waals surface area contributed by atoms with Gasteiger partial charge in [-0.3, -0.25) is 4.79 Å². The third-order valence-corrected chi connectivity index (χ3v) is 2.36. The van der Waals surface area contributed by atoms with E-state index in [1.54, 1.807) is 18.4 Å². The van der Waals surface area contributed by atoms with Gasteiger partial charge in [0.15, 0.2) is 0 Å². The fourth-order valence-electron chi connectivity index (χ4n) is 0.882. The van der Waals surface area contributed by atoms with Crippen LogP contribution in [0.4, 0.5) is 0 Å². The first kappa shape index (κ1) is 10.1. The van der Waals surface area contributed by atoms with Crippen molar-refractivity contribution < 1.29 is 4.79 Å².